The van der Waals surface area contributed by atoms with Crippen LogP contribution in [0.15, 0.2) is 24.5 Å². The molecular formula is C18H22FN5O. The summed E-state index contributed by atoms with van der Waals surface area (Å²) in [7, 11) is 0. The molecule has 25 heavy (non-hydrogen) atoms. The van der Waals surface area contributed by atoms with Gasteiger partial charge >= 0.3 is 0 Å². The first kappa shape index (κ1) is 16.2. The molecule has 1 N–H and O–H groups in total. The Hall–Kier alpha value is -2.28. The van der Waals surface area contributed by atoms with Crippen molar-refractivity contribution in [2.45, 2.75) is 38.4 Å². The second kappa shape index (κ2) is 6.22. The first-order chi connectivity index (χ1) is 12.0. The van der Waals surface area contributed by atoms with Gasteiger partial charge < -0.3 is 10.2 Å². The number of nitrogens with one attached hydrogen (secondary N) is 1. The topological polar surface area (TPSA) is 63.1 Å². The standard InChI is InChI=1S/C18H22FN5O/c1-18(19)5-8-23(9-6-18)17(25)13-2-3-16(21-11-13)24-15-4-7-20-10-14(15)12-22-24/h2-3,11-12,20H,4-10H2,1H3. The van der Waals surface area contributed by atoms with Crippen LogP contribution in [0.1, 0.15) is 41.4 Å². The van der Waals surface area contributed by atoms with Crippen LogP contribution in [-0.2, 0) is 13.0 Å². The molecule has 1 saturated heterocycles. The molecule has 2 aliphatic rings. The van der Waals surface area contributed by atoms with Gasteiger partial charge in [-0.25, -0.2) is 14.1 Å². The maximum Gasteiger partial charge on any atom is 0.255 e. The summed E-state index contributed by atoms with van der Waals surface area (Å²) >= 11 is 0. The summed E-state index contributed by atoms with van der Waals surface area (Å²) < 4.78 is 15.7. The molecule has 2 aromatic rings. The van der Waals surface area contributed by atoms with Gasteiger partial charge in [0.25, 0.3) is 5.91 Å². The number of rotatable bonds is 2. The molecule has 0 aliphatic carbocycles. The van der Waals surface area contributed by atoms with Crippen molar-refractivity contribution >= 4 is 5.91 Å². The largest absolute Gasteiger partial charge is 0.338 e. The van der Waals surface area contributed by atoms with E-state index in [0.717, 1.165) is 25.3 Å². The number of likely N-dealkylation sites (tertiary alicyclic amines) is 1. The second-order valence-electron chi connectivity index (χ2n) is 7.07. The van der Waals surface area contributed by atoms with Gasteiger partial charge in [0.1, 0.15) is 5.67 Å². The van der Waals surface area contributed by atoms with E-state index in [0.29, 0.717) is 31.5 Å². The van der Waals surface area contributed by atoms with Crippen molar-refractivity contribution in [1.82, 2.24) is 25.0 Å². The minimum atomic E-state index is -1.16. The van der Waals surface area contributed by atoms with Gasteiger partial charge in [0, 0.05) is 44.4 Å². The number of carbonyl (C=O) groups is 1. The number of carbonyl (C=O) groups excluding carboxylic acids is 1. The number of aromatic nitrogens is 3. The lowest BCUT2D eigenvalue weighted by Crippen LogP contribution is -2.43. The molecule has 132 valence electrons. The fraction of sp³-hybridized carbons (Fsp3) is 0.500. The number of nitrogens with zero attached hydrogens (tertiary/aromatic N) is 4. The summed E-state index contributed by atoms with van der Waals surface area (Å²) in [5.41, 5.74) is 1.74. The molecule has 0 bridgehead atoms. The van der Waals surface area contributed by atoms with Crippen LogP contribution in [0.3, 0.4) is 0 Å². The summed E-state index contributed by atoms with van der Waals surface area (Å²) in [4.78, 5) is 18.7. The number of halogens is 1. The molecule has 0 saturated carbocycles. The van der Waals surface area contributed by atoms with E-state index in [1.807, 2.05) is 16.9 Å². The van der Waals surface area contributed by atoms with Crippen LogP contribution < -0.4 is 5.32 Å². The van der Waals surface area contributed by atoms with Crippen LogP contribution >= 0.6 is 0 Å². The fourth-order valence-electron chi connectivity index (χ4n) is 3.45. The maximum atomic E-state index is 13.9. The lowest BCUT2D eigenvalue weighted by atomic mass is 9.95. The molecule has 2 aromatic heterocycles. The van der Waals surface area contributed by atoms with Gasteiger partial charge in [-0.1, -0.05) is 0 Å². The van der Waals surface area contributed by atoms with Gasteiger partial charge in [-0.15, -0.1) is 0 Å². The first-order valence-electron chi connectivity index (χ1n) is 8.75. The van der Waals surface area contributed by atoms with Gasteiger partial charge in [-0.3, -0.25) is 4.79 Å². The van der Waals surface area contributed by atoms with Crippen molar-refractivity contribution < 1.29 is 9.18 Å². The van der Waals surface area contributed by atoms with E-state index < -0.39 is 5.67 Å². The smallest absolute Gasteiger partial charge is 0.255 e. The zero-order chi connectivity index (χ0) is 17.4. The Morgan fingerprint density at radius 2 is 2.08 bits per heavy atom. The van der Waals surface area contributed by atoms with Crippen molar-refractivity contribution in [3.05, 3.63) is 41.3 Å². The Morgan fingerprint density at radius 1 is 1.28 bits per heavy atom. The van der Waals surface area contributed by atoms with Crippen LogP contribution in [0.25, 0.3) is 5.82 Å². The number of fused-ring (bicyclic) bond motifs is 1. The molecule has 4 heterocycles. The number of amides is 1. The number of pyridine rings is 1. The zero-order valence-electron chi connectivity index (χ0n) is 14.3. The SMILES string of the molecule is CC1(F)CCN(C(=O)c2ccc(-n3ncc4c3CCNC4)nc2)CC1. The minimum Gasteiger partial charge on any atom is -0.338 e. The predicted octanol–water partition coefficient (Wildman–Crippen LogP) is 1.88. The van der Waals surface area contributed by atoms with Crippen LogP contribution in [0.5, 0.6) is 0 Å². The third-order valence-electron chi connectivity index (χ3n) is 5.11. The average Bonchev–Trinajstić information content (AvgIpc) is 3.05. The van der Waals surface area contributed by atoms with Crippen molar-refractivity contribution in [2.24, 2.45) is 0 Å². The molecule has 0 radical (unpaired) electrons. The number of piperidine rings is 1. The minimum absolute atomic E-state index is 0.0822. The third-order valence-corrected chi connectivity index (χ3v) is 5.11. The predicted molar refractivity (Wildman–Crippen MR) is 91.4 cm³/mol. The maximum absolute atomic E-state index is 13.9. The van der Waals surface area contributed by atoms with Gasteiger partial charge in [0.2, 0.25) is 0 Å². The van der Waals surface area contributed by atoms with Crippen LogP contribution in [0.2, 0.25) is 0 Å². The van der Waals surface area contributed by atoms with E-state index in [9.17, 15) is 9.18 Å². The Kier molecular flexibility index (Phi) is 4.03. The Bertz CT molecular complexity index is 773. The molecule has 2 aliphatic heterocycles. The molecule has 4 rings (SSSR count). The van der Waals surface area contributed by atoms with E-state index >= 15 is 0 Å². The highest BCUT2D eigenvalue weighted by Gasteiger charge is 2.31. The molecular weight excluding hydrogens is 321 g/mol. The van der Waals surface area contributed by atoms with Crippen molar-refractivity contribution in [3.8, 4) is 5.82 Å². The van der Waals surface area contributed by atoms with Crippen LogP contribution in [0.4, 0.5) is 4.39 Å². The van der Waals surface area contributed by atoms with E-state index in [1.165, 1.54) is 11.3 Å². The van der Waals surface area contributed by atoms with Crippen LogP contribution in [0, 0.1) is 0 Å². The highest BCUT2D eigenvalue weighted by molar-refractivity contribution is 5.94. The monoisotopic (exact) mass is 343 g/mol. The second-order valence-corrected chi connectivity index (χ2v) is 7.07. The lowest BCUT2D eigenvalue weighted by molar-refractivity contribution is 0.0503. The van der Waals surface area contributed by atoms with Gasteiger partial charge in [-0.2, -0.15) is 5.10 Å². The van der Waals surface area contributed by atoms with Crippen molar-refractivity contribution in [1.29, 1.82) is 0 Å². The van der Waals surface area contributed by atoms with Crippen molar-refractivity contribution in [2.75, 3.05) is 19.6 Å². The van der Waals surface area contributed by atoms with E-state index in [1.54, 1.807) is 24.1 Å². The molecule has 7 heteroatoms. The Morgan fingerprint density at radius 3 is 2.80 bits per heavy atom. The average molecular weight is 343 g/mol. The molecule has 1 amide bonds. The zero-order valence-corrected chi connectivity index (χ0v) is 14.3. The fourth-order valence-corrected chi connectivity index (χ4v) is 3.45. The number of alkyl halides is 1. The quantitative estimate of drug-likeness (QED) is 0.904. The molecule has 6 nitrogen and oxygen atoms in total. The summed E-state index contributed by atoms with van der Waals surface area (Å²) in [6, 6.07) is 3.61. The number of hydrogen-bond acceptors (Lipinski definition) is 4. The molecule has 0 spiro atoms. The molecule has 1 fully saturated rings. The molecule has 0 unspecified atom stereocenters. The summed E-state index contributed by atoms with van der Waals surface area (Å²) in [5.74, 6) is 0.635. The highest BCUT2D eigenvalue weighted by atomic mass is 19.1. The Balaban J connectivity index is 1.51. The molecule has 0 atom stereocenters. The van der Waals surface area contributed by atoms with Crippen LogP contribution in [-0.4, -0.2) is 50.9 Å². The summed E-state index contributed by atoms with van der Waals surface area (Å²) in [6.07, 6.45) is 5.14. The van der Waals surface area contributed by atoms with Gasteiger partial charge in [-0.05, 0) is 31.9 Å². The lowest BCUT2D eigenvalue weighted by Gasteiger charge is -2.34. The van der Waals surface area contributed by atoms with Crippen molar-refractivity contribution in [3.63, 3.8) is 0 Å². The van der Waals surface area contributed by atoms with E-state index in [-0.39, 0.29) is 5.91 Å². The number of hydrogen-bond donors (Lipinski definition) is 1. The Labute approximate surface area is 146 Å². The van der Waals surface area contributed by atoms with E-state index in [2.05, 4.69) is 15.4 Å². The first-order valence-corrected chi connectivity index (χ1v) is 8.75. The van der Waals surface area contributed by atoms with E-state index in [4.69, 9.17) is 0 Å². The molecule has 0 aromatic carbocycles. The summed E-state index contributed by atoms with van der Waals surface area (Å²) in [6.45, 7) is 4.26. The highest BCUT2D eigenvalue weighted by Crippen LogP contribution is 2.26. The third kappa shape index (κ3) is 3.16. The normalized spacial score (nSPS) is 19.5. The van der Waals surface area contributed by atoms with Gasteiger partial charge in [0.05, 0.1) is 17.5 Å². The summed E-state index contributed by atoms with van der Waals surface area (Å²) in [5, 5.41) is 7.75. The van der Waals surface area contributed by atoms with Gasteiger partial charge in [0.15, 0.2) is 5.82 Å².